The molecule has 0 amide bonds. The molecule has 19 heavy (non-hydrogen) atoms. The molecule has 0 spiro atoms. The maximum absolute atomic E-state index is 6.28. The molecule has 106 valence electrons. The Bertz CT molecular complexity index is 400. The molecule has 0 heterocycles. The van der Waals surface area contributed by atoms with Crippen LogP contribution >= 0.6 is 23.2 Å². The number of rotatable bonds is 6. The molecule has 0 bridgehead atoms. The van der Waals surface area contributed by atoms with Crippen LogP contribution in [0.4, 0.5) is 0 Å². The average molecular weight is 300 g/mol. The zero-order valence-corrected chi connectivity index (χ0v) is 13.1. The molecule has 3 heteroatoms. The van der Waals surface area contributed by atoms with Gasteiger partial charge in [0.25, 0.3) is 0 Å². The molecule has 1 aromatic rings. The van der Waals surface area contributed by atoms with Gasteiger partial charge in [0.15, 0.2) is 0 Å². The molecule has 1 unspecified atom stereocenters. The van der Waals surface area contributed by atoms with Crippen molar-refractivity contribution in [3.63, 3.8) is 0 Å². The number of benzene rings is 1. The van der Waals surface area contributed by atoms with Crippen LogP contribution < -0.4 is 5.32 Å². The van der Waals surface area contributed by atoms with Crippen LogP contribution in [0, 0.1) is 5.92 Å². The summed E-state index contributed by atoms with van der Waals surface area (Å²) in [6.07, 6.45) is 7.88. The van der Waals surface area contributed by atoms with Gasteiger partial charge in [0.1, 0.15) is 0 Å². The van der Waals surface area contributed by atoms with Crippen molar-refractivity contribution in [2.24, 2.45) is 5.92 Å². The first kappa shape index (κ1) is 15.2. The Morgan fingerprint density at radius 1 is 1.26 bits per heavy atom. The van der Waals surface area contributed by atoms with Crippen molar-refractivity contribution >= 4 is 23.2 Å². The molecule has 1 aliphatic rings. The van der Waals surface area contributed by atoms with E-state index in [-0.39, 0.29) is 0 Å². The zero-order valence-electron chi connectivity index (χ0n) is 11.6. The van der Waals surface area contributed by atoms with Crippen molar-refractivity contribution < 1.29 is 0 Å². The van der Waals surface area contributed by atoms with E-state index < -0.39 is 0 Å². The first-order valence-corrected chi connectivity index (χ1v) is 8.12. The minimum absolute atomic E-state index is 0.534. The Hall–Kier alpha value is -0.240. The summed E-state index contributed by atoms with van der Waals surface area (Å²) >= 11 is 12.2. The number of hydrogen-bond acceptors (Lipinski definition) is 1. The molecule has 1 aromatic carbocycles. The molecule has 0 radical (unpaired) electrons. The molecule has 2 rings (SSSR count). The van der Waals surface area contributed by atoms with Crippen LogP contribution in [0.5, 0.6) is 0 Å². The standard InChI is InChI=1S/C16H23Cl2N/c1-2-19-15(9-12-5-3-4-6-12)10-13-7-8-14(17)11-16(13)18/h7-8,11-12,15,19H,2-6,9-10H2,1H3. The van der Waals surface area contributed by atoms with Gasteiger partial charge in [-0.2, -0.15) is 0 Å². The normalized spacial score (nSPS) is 17.8. The van der Waals surface area contributed by atoms with E-state index in [2.05, 4.69) is 18.3 Å². The Morgan fingerprint density at radius 3 is 2.63 bits per heavy atom. The second-order valence-corrected chi connectivity index (χ2v) is 6.42. The summed E-state index contributed by atoms with van der Waals surface area (Å²) in [7, 11) is 0. The molecule has 1 aliphatic carbocycles. The van der Waals surface area contributed by atoms with Crippen LogP contribution in [0.2, 0.25) is 10.0 Å². The van der Waals surface area contributed by atoms with Gasteiger partial charge >= 0.3 is 0 Å². The highest BCUT2D eigenvalue weighted by Gasteiger charge is 2.20. The van der Waals surface area contributed by atoms with Gasteiger partial charge in [0.2, 0.25) is 0 Å². The van der Waals surface area contributed by atoms with Crippen LogP contribution in [0.1, 0.15) is 44.6 Å². The largest absolute Gasteiger partial charge is 0.314 e. The summed E-state index contributed by atoms with van der Waals surface area (Å²) in [6.45, 7) is 3.19. The minimum atomic E-state index is 0.534. The lowest BCUT2D eigenvalue weighted by molar-refractivity contribution is 0.390. The van der Waals surface area contributed by atoms with E-state index in [9.17, 15) is 0 Å². The maximum Gasteiger partial charge on any atom is 0.0453 e. The molecule has 0 saturated heterocycles. The third kappa shape index (κ3) is 4.66. The van der Waals surface area contributed by atoms with Gasteiger partial charge in [0.05, 0.1) is 0 Å². The van der Waals surface area contributed by atoms with Crippen molar-refractivity contribution in [2.45, 2.75) is 51.5 Å². The molecular formula is C16H23Cl2N. The average Bonchev–Trinajstić information content (AvgIpc) is 2.86. The van der Waals surface area contributed by atoms with E-state index in [4.69, 9.17) is 23.2 Å². The van der Waals surface area contributed by atoms with Gasteiger partial charge in [-0.25, -0.2) is 0 Å². The number of nitrogens with one attached hydrogen (secondary N) is 1. The van der Waals surface area contributed by atoms with Crippen molar-refractivity contribution in [1.29, 1.82) is 0 Å². The van der Waals surface area contributed by atoms with Crippen LogP contribution in [-0.4, -0.2) is 12.6 Å². The molecule has 0 aliphatic heterocycles. The van der Waals surface area contributed by atoms with Crippen molar-refractivity contribution in [2.75, 3.05) is 6.54 Å². The van der Waals surface area contributed by atoms with Crippen molar-refractivity contribution in [3.8, 4) is 0 Å². The highest BCUT2D eigenvalue weighted by molar-refractivity contribution is 6.35. The van der Waals surface area contributed by atoms with Gasteiger partial charge in [-0.1, -0.05) is 61.9 Å². The minimum Gasteiger partial charge on any atom is -0.314 e. The van der Waals surface area contributed by atoms with Gasteiger partial charge in [-0.05, 0) is 43.0 Å². The van der Waals surface area contributed by atoms with Crippen LogP contribution in [0.25, 0.3) is 0 Å². The smallest absolute Gasteiger partial charge is 0.0453 e. The third-order valence-electron chi connectivity index (χ3n) is 4.07. The number of hydrogen-bond donors (Lipinski definition) is 1. The molecular weight excluding hydrogens is 277 g/mol. The highest BCUT2D eigenvalue weighted by Crippen LogP contribution is 2.30. The summed E-state index contributed by atoms with van der Waals surface area (Å²) in [5.41, 5.74) is 1.20. The predicted octanol–water partition coefficient (Wildman–Crippen LogP) is 5.09. The topological polar surface area (TPSA) is 12.0 Å². The molecule has 0 aromatic heterocycles. The lowest BCUT2D eigenvalue weighted by atomic mass is 9.94. The highest BCUT2D eigenvalue weighted by atomic mass is 35.5. The third-order valence-corrected chi connectivity index (χ3v) is 4.65. The van der Waals surface area contributed by atoms with Gasteiger partial charge in [-0.15, -0.1) is 0 Å². The first-order chi connectivity index (χ1) is 9.19. The van der Waals surface area contributed by atoms with Crippen LogP contribution in [0.3, 0.4) is 0 Å². The van der Waals surface area contributed by atoms with E-state index in [0.717, 1.165) is 23.9 Å². The fourth-order valence-electron chi connectivity index (χ4n) is 3.13. The summed E-state index contributed by atoms with van der Waals surface area (Å²) in [4.78, 5) is 0. The first-order valence-electron chi connectivity index (χ1n) is 7.36. The lowest BCUT2D eigenvalue weighted by Crippen LogP contribution is -2.32. The van der Waals surface area contributed by atoms with E-state index in [1.807, 2.05) is 12.1 Å². The Balaban J connectivity index is 1.98. The second-order valence-electron chi connectivity index (χ2n) is 5.58. The lowest BCUT2D eigenvalue weighted by Gasteiger charge is -2.22. The molecule has 1 nitrogen and oxygen atoms in total. The van der Waals surface area contributed by atoms with Crippen LogP contribution in [0.15, 0.2) is 18.2 Å². The van der Waals surface area contributed by atoms with E-state index in [1.54, 1.807) is 0 Å². The van der Waals surface area contributed by atoms with Crippen molar-refractivity contribution in [1.82, 2.24) is 5.32 Å². The fourth-order valence-corrected chi connectivity index (χ4v) is 3.61. The van der Waals surface area contributed by atoms with Gasteiger partial charge in [-0.3, -0.25) is 0 Å². The van der Waals surface area contributed by atoms with E-state index >= 15 is 0 Å². The number of likely N-dealkylation sites (N-methyl/N-ethyl adjacent to an activating group) is 1. The summed E-state index contributed by atoms with van der Waals surface area (Å²) in [5.74, 6) is 0.898. The van der Waals surface area contributed by atoms with Gasteiger partial charge < -0.3 is 5.32 Å². The fraction of sp³-hybridized carbons (Fsp3) is 0.625. The molecule has 1 atom stereocenters. The zero-order chi connectivity index (χ0) is 13.7. The Labute approximate surface area is 126 Å². The number of halogens is 2. The summed E-state index contributed by atoms with van der Waals surface area (Å²) in [6, 6.07) is 6.37. The van der Waals surface area contributed by atoms with Crippen molar-refractivity contribution in [3.05, 3.63) is 33.8 Å². The quantitative estimate of drug-likeness (QED) is 0.771. The Morgan fingerprint density at radius 2 is 2.00 bits per heavy atom. The monoisotopic (exact) mass is 299 g/mol. The summed E-state index contributed by atoms with van der Waals surface area (Å²) in [5, 5.41) is 5.11. The maximum atomic E-state index is 6.28. The summed E-state index contributed by atoms with van der Waals surface area (Å²) < 4.78 is 0. The van der Waals surface area contributed by atoms with E-state index in [0.29, 0.717) is 11.1 Å². The second kappa shape index (κ2) is 7.52. The molecule has 1 fully saturated rings. The molecule has 1 saturated carbocycles. The Kier molecular flexibility index (Phi) is 6.00. The predicted molar refractivity (Wildman–Crippen MR) is 84.2 cm³/mol. The van der Waals surface area contributed by atoms with E-state index in [1.165, 1.54) is 37.7 Å². The molecule has 1 N–H and O–H groups in total. The van der Waals surface area contributed by atoms with Crippen LogP contribution in [-0.2, 0) is 6.42 Å². The SMILES string of the molecule is CCNC(Cc1ccc(Cl)cc1Cl)CC1CCCC1. The van der Waals surface area contributed by atoms with Gasteiger partial charge in [0, 0.05) is 16.1 Å².